The maximum atomic E-state index is 13.3. The number of nitrogens with zero attached hydrogens (tertiary/aromatic N) is 1. The Balaban J connectivity index is 1.73. The Kier molecular flexibility index (Phi) is 5.40. The van der Waals surface area contributed by atoms with Crippen molar-refractivity contribution in [3.05, 3.63) is 29.8 Å². The fraction of sp³-hybridized carbons (Fsp3) is 0.500. The lowest BCUT2D eigenvalue weighted by Gasteiger charge is -2.17. The molecule has 0 unspecified atom stereocenters. The topological polar surface area (TPSA) is 75.7 Å². The number of amides is 2. The fourth-order valence-electron chi connectivity index (χ4n) is 2.29. The van der Waals surface area contributed by atoms with Crippen molar-refractivity contribution in [1.29, 1.82) is 0 Å². The van der Waals surface area contributed by atoms with Crippen molar-refractivity contribution in [1.82, 2.24) is 10.2 Å². The van der Waals surface area contributed by atoms with Crippen LogP contribution in [-0.2, 0) is 9.84 Å². The van der Waals surface area contributed by atoms with Crippen molar-refractivity contribution < 1.29 is 26.7 Å². The van der Waals surface area contributed by atoms with Gasteiger partial charge in [-0.05, 0) is 18.6 Å². The lowest BCUT2D eigenvalue weighted by molar-refractivity contribution is 0.205. The van der Waals surface area contributed by atoms with Gasteiger partial charge in [-0.2, -0.15) is 0 Å². The molecule has 1 saturated heterocycles. The first-order valence-electron chi connectivity index (χ1n) is 7.07. The van der Waals surface area contributed by atoms with E-state index >= 15 is 0 Å². The molecule has 0 radical (unpaired) electrons. The zero-order chi connectivity index (χ0) is 17.0. The maximum absolute atomic E-state index is 13.3. The van der Waals surface area contributed by atoms with Crippen LogP contribution in [0, 0.1) is 11.6 Å². The van der Waals surface area contributed by atoms with Gasteiger partial charge in [0.2, 0.25) is 0 Å². The second-order valence-electron chi connectivity index (χ2n) is 5.34. The van der Waals surface area contributed by atoms with Crippen molar-refractivity contribution in [2.24, 2.45) is 0 Å². The summed E-state index contributed by atoms with van der Waals surface area (Å²) < 4.78 is 54.0. The first-order valence-corrected chi connectivity index (χ1v) is 9.02. The molecule has 1 heterocycles. The number of hydrogen-bond acceptors (Lipinski definition) is 4. The third-order valence-corrected chi connectivity index (χ3v) is 5.16. The van der Waals surface area contributed by atoms with E-state index in [2.05, 4.69) is 5.32 Å². The lowest BCUT2D eigenvalue weighted by Crippen LogP contribution is -2.41. The molecule has 1 atom stereocenters. The smallest absolute Gasteiger partial charge is 0.317 e. The Hall–Kier alpha value is -1.90. The number of carbonyl (C=O) groups is 1. The minimum atomic E-state index is -3.16. The molecule has 1 aromatic carbocycles. The number of sulfone groups is 1. The molecule has 2 amide bonds. The van der Waals surface area contributed by atoms with Crippen molar-refractivity contribution in [3.8, 4) is 5.75 Å². The minimum absolute atomic E-state index is 0.0115. The van der Waals surface area contributed by atoms with Gasteiger partial charge in [0.15, 0.2) is 21.4 Å². The third kappa shape index (κ3) is 4.78. The zero-order valence-electron chi connectivity index (χ0n) is 12.6. The van der Waals surface area contributed by atoms with Crippen LogP contribution in [0.15, 0.2) is 18.2 Å². The maximum Gasteiger partial charge on any atom is 0.317 e. The summed E-state index contributed by atoms with van der Waals surface area (Å²) in [6.07, 6.45) is 1.58. The van der Waals surface area contributed by atoms with Crippen LogP contribution in [0.25, 0.3) is 0 Å². The number of ether oxygens (including phenoxy) is 1. The van der Waals surface area contributed by atoms with Gasteiger partial charge in [0.25, 0.3) is 0 Å². The van der Waals surface area contributed by atoms with Crippen LogP contribution in [0.1, 0.15) is 6.42 Å². The number of likely N-dealkylation sites (tertiary alicyclic amines) is 1. The molecule has 6 nitrogen and oxygen atoms in total. The van der Waals surface area contributed by atoms with E-state index in [1.165, 1.54) is 11.0 Å². The fourth-order valence-corrected chi connectivity index (χ4v) is 3.27. The van der Waals surface area contributed by atoms with Crippen molar-refractivity contribution in [3.63, 3.8) is 0 Å². The normalized spacial score (nSPS) is 18.0. The summed E-state index contributed by atoms with van der Waals surface area (Å²) >= 11 is 0. The molecule has 128 valence electrons. The Morgan fingerprint density at radius 3 is 2.78 bits per heavy atom. The summed E-state index contributed by atoms with van der Waals surface area (Å²) in [7, 11) is -3.16. The van der Waals surface area contributed by atoms with Gasteiger partial charge in [-0.1, -0.05) is 0 Å². The number of halogens is 2. The van der Waals surface area contributed by atoms with E-state index in [1.54, 1.807) is 0 Å². The Labute approximate surface area is 133 Å². The van der Waals surface area contributed by atoms with E-state index in [9.17, 15) is 22.0 Å². The highest BCUT2D eigenvalue weighted by molar-refractivity contribution is 7.91. The molecular weight excluding hydrogens is 330 g/mol. The molecule has 0 saturated carbocycles. The average molecular weight is 348 g/mol. The van der Waals surface area contributed by atoms with Gasteiger partial charge in [0.05, 0.1) is 11.8 Å². The quantitative estimate of drug-likeness (QED) is 0.811. The molecule has 1 aliphatic rings. The molecule has 0 bridgehead atoms. The molecular formula is C14H18F2N2O4S. The molecule has 1 fully saturated rings. The van der Waals surface area contributed by atoms with E-state index < -0.39 is 26.7 Å². The molecule has 9 heteroatoms. The molecule has 1 aliphatic heterocycles. The van der Waals surface area contributed by atoms with E-state index in [4.69, 9.17) is 4.74 Å². The molecule has 1 N–H and O–H groups in total. The number of rotatable bonds is 5. The van der Waals surface area contributed by atoms with Gasteiger partial charge in [0, 0.05) is 25.4 Å². The zero-order valence-corrected chi connectivity index (χ0v) is 13.4. The standard InChI is InChI=1S/C14H18F2N2O4S/c1-23(20,21)11-4-6-18(9-11)14(19)17-5-7-22-13-3-2-10(15)8-12(13)16/h2-3,8,11H,4-7,9H2,1H3,(H,17,19)/t11-/m0/s1. The minimum Gasteiger partial charge on any atom is -0.489 e. The van der Waals surface area contributed by atoms with Crippen LogP contribution < -0.4 is 10.1 Å². The second-order valence-corrected chi connectivity index (χ2v) is 7.67. The summed E-state index contributed by atoms with van der Waals surface area (Å²) in [6.45, 7) is 0.669. The first-order chi connectivity index (χ1) is 10.8. The van der Waals surface area contributed by atoms with Gasteiger partial charge in [-0.15, -0.1) is 0 Å². The summed E-state index contributed by atoms with van der Waals surface area (Å²) in [5.74, 6) is -1.61. The predicted molar refractivity (Wildman–Crippen MR) is 80.1 cm³/mol. The molecule has 2 rings (SSSR count). The largest absolute Gasteiger partial charge is 0.489 e. The van der Waals surface area contributed by atoms with Crippen LogP contribution in [0.2, 0.25) is 0 Å². The number of nitrogens with one attached hydrogen (secondary N) is 1. The Morgan fingerprint density at radius 2 is 2.17 bits per heavy atom. The van der Waals surface area contributed by atoms with Crippen LogP contribution in [0.3, 0.4) is 0 Å². The van der Waals surface area contributed by atoms with E-state index in [1.807, 2.05) is 0 Å². The predicted octanol–water partition coefficient (Wildman–Crippen LogP) is 1.17. The van der Waals surface area contributed by atoms with Crippen LogP contribution in [0.5, 0.6) is 5.75 Å². The highest BCUT2D eigenvalue weighted by atomic mass is 32.2. The Bertz CT molecular complexity index is 681. The Morgan fingerprint density at radius 1 is 1.43 bits per heavy atom. The van der Waals surface area contributed by atoms with E-state index in [0.717, 1.165) is 12.3 Å². The summed E-state index contributed by atoms with van der Waals surface area (Å²) in [6, 6.07) is 2.57. The number of benzene rings is 1. The summed E-state index contributed by atoms with van der Waals surface area (Å²) in [5.41, 5.74) is 0. The van der Waals surface area contributed by atoms with Crippen molar-refractivity contribution in [2.75, 3.05) is 32.5 Å². The molecule has 0 spiro atoms. The van der Waals surface area contributed by atoms with Crippen LogP contribution in [-0.4, -0.2) is 57.1 Å². The summed E-state index contributed by atoms with van der Waals surface area (Å²) in [4.78, 5) is 13.3. The summed E-state index contributed by atoms with van der Waals surface area (Å²) in [5, 5.41) is 2.04. The number of urea groups is 1. The third-order valence-electron chi connectivity index (χ3n) is 3.57. The highest BCUT2D eigenvalue weighted by Crippen LogP contribution is 2.17. The van der Waals surface area contributed by atoms with E-state index in [0.29, 0.717) is 19.0 Å². The molecule has 0 aliphatic carbocycles. The van der Waals surface area contributed by atoms with Gasteiger partial charge < -0.3 is 15.0 Å². The first kappa shape index (κ1) is 17.5. The monoisotopic (exact) mass is 348 g/mol. The van der Waals surface area contributed by atoms with Crippen molar-refractivity contribution in [2.45, 2.75) is 11.7 Å². The lowest BCUT2D eigenvalue weighted by atomic mass is 10.3. The highest BCUT2D eigenvalue weighted by Gasteiger charge is 2.32. The number of carbonyl (C=O) groups excluding carboxylic acids is 1. The number of hydrogen-bond donors (Lipinski definition) is 1. The van der Waals surface area contributed by atoms with Gasteiger partial charge in [-0.3, -0.25) is 0 Å². The molecule has 23 heavy (non-hydrogen) atoms. The van der Waals surface area contributed by atoms with Gasteiger partial charge >= 0.3 is 6.03 Å². The van der Waals surface area contributed by atoms with Crippen molar-refractivity contribution >= 4 is 15.9 Å². The van der Waals surface area contributed by atoms with Gasteiger partial charge in [-0.25, -0.2) is 22.0 Å². The second kappa shape index (κ2) is 7.12. The van der Waals surface area contributed by atoms with Crippen LogP contribution >= 0.6 is 0 Å². The molecule has 0 aromatic heterocycles. The average Bonchev–Trinajstić information content (AvgIpc) is 2.95. The van der Waals surface area contributed by atoms with E-state index in [-0.39, 0.29) is 31.5 Å². The van der Waals surface area contributed by atoms with Crippen LogP contribution in [0.4, 0.5) is 13.6 Å². The van der Waals surface area contributed by atoms with Gasteiger partial charge in [0.1, 0.15) is 12.4 Å². The molecule has 1 aromatic rings. The SMILES string of the molecule is CS(=O)(=O)[C@H]1CCN(C(=O)NCCOc2ccc(F)cc2F)C1.